The van der Waals surface area contributed by atoms with E-state index in [-0.39, 0.29) is 12.3 Å². The van der Waals surface area contributed by atoms with Crippen molar-refractivity contribution >= 4 is 27.5 Å². The van der Waals surface area contributed by atoms with Gasteiger partial charge in [-0.3, -0.25) is 9.63 Å². The maximum Gasteiger partial charge on any atom is 0.416 e. The molecule has 31 heavy (non-hydrogen) atoms. The standard InChI is InChI=1S/C20H15F3N4O3S/c1-29-27-16(28)9-17-25-26-18(30-17)10-19-24-14-7-4-12(8-15(14)31-19)11-2-5-13(6-3-11)20(21,22)23/h2-8H,9-10H2,1H3,(H,27,28). The van der Waals surface area contributed by atoms with Gasteiger partial charge in [-0.25, -0.2) is 10.5 Å². The highest BCUT2D eigenvalue weighted by Crippen LogP contribution is 2.33. The van der Waals surface area contributed by atoms with Gasteiger partial charge in [0.15, 0.2) is 0 Å². The third kappa shape index (κ3) is 4.89. The smallest absolute Gasteiger partial charge is 0.416 e. The fourth-order valence-electron chi connectivity index (χ4n) is 2.93. The van der Waals surface area contributed by atoms with Gasteiger partial charge in [-0.15, -0.1) is 21.5 Å². The summed E-state index contributed by atoms with van der Waals surface area (Å²) in [6.07, 6.45) is -4.16. The van der Waals surface area contributed by atoms with Gasteiger partial charge in [0.05, 0.1) is 29.3 Å². The zero-order chi connectivity index (χ0) is 22.0. The van der Waals surface area contributed by atoms with E-state index < -0.39 is 17.6 Å². The average molecular weight is 448 g/mol. The molecule has 4 rings (SSSR count). The highest BCUT2D eigenvalue weighted by atomic mass is 32.1. The lowest BCUT2D eigenvalue weighted by Crippen LogP contribution is -2.23. The van der Waals surface area contributed by atoms with Crippen molar-refractivity contribution in [2.24, 2.45) is 0 Å². The number of hydroxylamine groups is 1. The molecule has 0 saturated heterocycles. The number of nitrogens with one attached hydrogen (secondary N) is 1. The number of nitrogens with zero attached hydrogens (tertiary/aromatic N) is 3. The van der Waals surface area contributed by atoms with Crippen LogP contribution in [0.3, 0.4) is 0 Å². The Morgan fingerprint density at radius 3 is 2.52 bits per heavy atom. The minimum absolute atomic E-state index is 0.100. The summed E-state index contributed by atoms with van der Waals surface area (Å²) >= 11 is 1.42. The molecule has 0 aliphatic heterocycles. The molecule has 0 bridgehead atoms. The molecule has 7 nitrogen and oxygen atoms in total. The van der Waals surface area contributed by atoms with Crippen molar-refractivity contribution in [2.75, 3.05) is 7.11 Å². The van der Waals surface area contributed by atoms with Crippen LogP contribution in [-0.4, -0.2) is 28.2 Å². The highest BCUT2D eigenvalue weighted by molar-refractivity contribution is 7.18. The molecule has 0 atom stereocenters. The normalized spacial score (nSPS) is 11.7. The molecular formula is C20H15F3N4O3S. The van der Waals surface area contributed by atoms with Gasteiger partial charge in [0.25, 0.3) is 5.91 Å². The zero-order valence-corrected chi connectivity index (χ0v) is 16.9. The summed E-state index contributed by atoms with van der Waals surface area (Å²) in [5, 5.41) is 8.49. The number of aromatic nitrogens is 3. The molecule has 2 aromatic heterocycles. The number of benzene rings is 2. The summed E-state index contributed by atoms with van der Waals surface area (Å²) in [5.74, 6) is 0.0750. The number of carbonyl (C=O) groups excluding carboxylic acids is 1. The Bertz CT molecular complexity index is 1220. The fourth-order valence-corrected chi connectivity index (χ4v) is 3.92. The van der Waals surface area contributed by atoms with Crippen LogP contribution in [0.5, 0.6) is 0 Å². The fraction of sp³-hybridized carbons (Fsp3) is 0.200. The van der Waals surface area contributed by atoms with E-state index in [0.29, 0.717) is 17.9 Å². The number of hydrogen-bond donors (Lipinski definition) is 1. The Labute approximate surface area is 177 Å². The Morgan fingerprint density at radius 1 is 1.10 bits per heavy atom. The van der Waals surface area contributed by atoms with Crippen LogP contribution in [0.25, 0.3) is 21.3 Å². The topological polar surface area (TPSA) is 90.1 Å². The summed E-state index contributed by atoms with van der Waals surface area (Å²) in [7, 11) is 1.33. The number of alkyl halides is 3. The molecule has 0 fully saturated rings. The zero-order valence-electron chi connectivity index (χ0n) is 16.1. The quantitative estimate of drug-likeness (QED) is 0.445. The van der Waals surface area contributed by atoms with E-state index in [1.165, 1.54) is 30.6 Å². The summed E-state index contributed by atoms with van der Waals surface area (Å²) in [6, 6.07) is 10.5. The van der Waals surface area contributed by atoms with Crippen LogP contribution in [0.4, 0.5) is 13.2 Å². The Balaban J connectivity index is 1.50. The van der Waals surface area contributed by atoms with Crippen molar-refractivity contribution < 1.29 is 27.2 Å². The molecule has 4 aromatic rings. The van der Waals surface area contributed by atoms with Crippen LogP contribution in [0.1, 0.15) is 22.4 Å². The number of thiazole rings is 1. The van der Waals surface area contributed by atoms with Gasteiger partial charge in [0.2, 0.25) is 11.8 Å². The van der Waals surface area contributed by atoms with Crippen LogP contribution >= 0.6 is 11.3 Å². The van der Waals surface area contributed by atoms with Gasteiger partial charge < -0.3 is 4.42 Å². The Hall–Kier alpha value is -3.31. The van der Waals surface area contributed by atoms with Gasteiger partial charge in [0, 0.05) is 0 Å². The van der Waals surface area contributed by atoms with Crippen molar-refractivity contribution in [3.8, 4) is 11.1 Å². The summed E-state index contributed by atoms with van der Waals surface area (Å²) < 4.78 is 44.6. The molecule has 0 spiro atoms. The van der Waals surface area contributed by atoms with Crippen LogP contribution in [0.15, 0.2) is 46.9 Å². The minimum Gasteiger partial charge on any atom is -0.424 e. The summed E-state index contributed by atoms with van der Waals surface area (Å²) in [4.78, 5) is 20.5. The van der Waals surface area contributed by atoms with Gasteiger partial charge in [-0.2, -0.15) is 13.2 Å². The van der Waals surface area contributed by atoms with Crippen molar-refractivity contribution in [3.63, 3.8) is 0 Å². The second kappa shape index (κ2) is 8.44. The molecule has 11 heteroatoms. The molecule has 160 valence electrons. The molecule has 1 N–H and O–H groups in total. The largest absolute Gasteiger partial charge is 0.424 e. The van der Waals surface area contributed by atoms with E-state index in [0.717, 1.165) is 32.9 Å². The maximum absolute atomic E-state index is 12.8. The second-order valence-electron chi connectivity index (χ2n) is 6.54. The number of rotatable bonds is 6. The van der Waals surface area contributed by atoms with E-state index in [1.807, 2.05) is 18.2 Å². The molecule has 0 radical (unpaired) electrons. The van der Waals surface area contributed by atoms with Crippen molar-refractivity contribution in [2.45, 2.75) is 19.0 Å². The monoisotopic (exact) mass is 448 g/mol. The predicted molar refractivity (Wildman–Crippen MR) is 106 cm³/mol. The first-order valence-corrected chi connectivity index (χ1v) is 9.83. The molecule has 0 aliphatic rings. The maximum atomic E-state index is 12.8. The van der Waals surface area contributed by atoms with Crippen LogP contribution in [-0.2, 0) is 28.7 Å². The van der Waals surface area contributed by atoms with Crippen LogP contribution in [0, 0.1) is 0 Å². The first-order chi connectivity index (χ1) is 14.8. The first-order valence-electron chi connectivity index (χ1n) is 9.02. The molecule has 2 aromatic carbocycles. The highest BCUT2D eigenvalue weighted by Gasteiger charge is 2.30. The van der Waals surface area contributed by atoms with E-state index >= 15 is 0 Å². The molecular weight excluding hydrogens is 433 g/mol. The SMILES string of the molecule is CONC(=O)Cc1nnc(Cc2nc3ccc(-c4ccc(C(F)(F)F)cc4)cc3s2)o1. The number of hydrogen-bond acceptors (Lipinski definition) is 7. The second-order valence-corrected chi connectivity index (χ2v) is 7.65. The molecule has 0 unspecified atom stereocenters. The van der Waals surface area contributed by atoms with Crippen LogP contribution < -0.4 is 5.48 Å². The lowest BCUT2D eigenvalue weighted by molar-refractivity contribution is -0.137. The van der Waals surface area contributed by atoms with E-state index in [1.54, 1.807) is 0 Å². The van der Waals surface area contributed by atoms with Crippen molar-refractivity contribution in [1.82, 2.24) is 20.7 Å². The average Bonchev–Trinajstić information content (AvgIpc) is 3.33. The lowest BCUT2D eigenvalue weighted by Gasteiger charge is -2.07. The molecule has 1 amide bonds. The third-order valence-electron chi connectivity index (χ3n) is 4.32. The number of halogens is 3. The van der Waals surface area contributed by atoms with E-state index in [4.69, 9.17) is 4.42 Å². The van der Waals surface area contributed by atoms with Gasteiger partial charge in [-0.05, 0) is 35.4 Å². The van der Waals surface area contributed by atoms with Gasteiger partial charge >= 0.3 is 6.18 Å². The van der Waals surface area contributed by atoms with Gasteiger partial charge in [0.1, 0.15) is 11.4 Å². The number of carbonyl (C=O) groups is 1. The lowest BCUT2D eigenvalue weighted by atomic mass is 10.0. The summed E-state index contributed by atoms with van der Waals surface area (Å²) in [6.45, 7) is 0. The molecule has 0 saturated carbocycles. The minimum atomic E-state index is -4.36. The van der Waals surface area contributed by atoms with E-state index in [9.17, 15) is 18.0 Å². The van der Waals surface area contributed by atoms with Crippen molar-refractivity contribution in [1.29, 1.82) is 0 Å². The first kappa shape index (κ1) is 20.9. The number of fused-ring (bicyclic) bond motifs is 1. The van der Waals surface area contributed by atoms with Crippen LogP contribution in [0.2, 0.25) is 0 Å². The Morgan fingerprint density at radius 2 is 1.81 bits per heavy atom. The van der Waals surface area contributed by atoms with E-state index in [2.05, 4.69) is 25.5 Å². The Kier molecular flexibility index (Phi) is 5.70. The predicted octanol–water partition coefficient (Wildman–Crippen LogP) is 4.18. The third-order valence-corrected chi connectivity index (χ3v) is 5.34. The van der Waals surface area contributed by atoms with Gasteiger partial charge in [-0.1, -0.05) is 18.2 Å². The van der Waals surface area contributed by atoms with Crippen molar-refractivity contribution in [3.05, 3.63) is 64.8 Å². The molecule has 0 aliphatic carbocycles. The molecule has 2 heterocycles. The summed E-state index contributed by atoms with van der Waals surface area (Å²) in [5.41, 5.74) is 3.72. The number of amides is 1.